The van der Waals surface area contributed by atoms with Crippen molar-refractivity contribution >= 4 is 18.3 Å². The van der Waals surface area contributed by atoms with Crippen LogP contribution in [0.2, 0.25) is 0 Å². The normalized spacial score (nSPS) is 13.3. The average Bonchev–Trinajstić information content (AvgIpc) is 3.23. The lowest BCUT2D eigenvalue weighted by Crippen LogP contribution is -2.23. The lowest BCUT2D eigenvalue weighted by Gasteiger charge is -2.01. The average molecular weight is 389 g/mol. The molecule has 1 amide bonds. The number of fused-ring (bicyclic) bond motifs is 1. The minimum Gasteiger partial charge on any atom is -0.507 e. The molecule has 1 aromatic carbocycles. The van der Waals surface area contributed by atoms with Crippen molar-refractivity contribution in [3.05, 3.63) is 53.5 Å². The van der Waals surface area contributed by atoms with Crippen molar-refractivity contribution in [2.75, 3.05) is 6.54 Å². The van der Waals surface area contributed by atoms with Crippen LogP contribution >= 0.6 is 12.4 Å². The molecule has 142 valence electrons. The molecule has 9 heteroatoms. The van der Waals surface area contributed by atoms with Crippen molar-refractivity contribution in [1.29, 1.82) is 0 Å². The standard InChI is InChI=1S/C18H20N6O2.ClH/c25-17-5-2-1-4-14(17)15-9-16(22-21-15)18(26)20-10-12-8-13-11-19-6-3-7-24(13)23-12;/h1-2,4-5,8-9,19,25H,3,6-7,10-11H2,(H,20,26)(H,21,22);1H. The molecule has 1 aliphatic rings. The van der Waals surface area contributed by atoms with Gasteiger partial charge in [0, 0.05) is 18.7 Å². The quantitative estimate of drug-likeness (QED) is 0.545. The molecule has 0 saturated carbocycles. The first-order chi connectivity index (χ1) is 12.7. The van der Waals surface area contributed by atoms with Crippen LogP contribution in [0.25, 0.3) is 11.3 Å². The number of carbonyl (C=O) groups excluding carboxylic acids is 1. The van der Waals surface area contributed by atoms with Crippen LogP contribution in [0.5, 0.6) is 5.75 Å². The van der Waals surface area contributed by atoms with Gasteiger partial charge in [-0.1, -0.05) is 12.1 Å². The van der Waals surface area contributed by atoms with Crippen LogP contribution < -0.4 is 10.6 Å². The van der Waals surface area contributed by atoms with E-state index in [-0.39, 0.29) is 24.1 Å². The Morgan fingerprint density at radius 2 is 2.15 bits per heavy atom. The van der Waals surface area contributed by atoms with Crippen LogP contribution in [0.1, 0.15) is 28.3 Å². The van der Waals surface area contributed by atoms with Gasteiger partial charge in [-0.25, -0.2) is 0 Å². The number of carbonyl (C=O) groups is 1. The lowest BCUT2D eigenvalue weighted by molar-refractivity contribution is 0.0945. The minimum atomic E-state index is -0.263. The van der Waals surface area contributed by atoms with Gasteiger partial charge >= 0.3 is 0 Å². The predicted octanol–water partition coefficient (Wildman–Crippen LogP) is 1.82. The first-order valence-corrected chi connectivity index (χ1v) is 8.59. The van der Waals surface area contributed by atoms with E-state index in [2.05, 4.69) is 25.9 Å². The number of hydrogen-bond donors (Lipinski definition) is 4. The first kappa shape index (κ1) is 18.9. The molecule has 0 atom stereocenters. The van der Waals surface area contributed by atoms with Crippen LogP contribution in [-0.2, 0) is 19.6 Å². The molecule has 0 spiro atoms. The van der Waals surface area contributed by atoms with Crippen molar-refractivity contribution in [2.45, 2.75) is 26.1 Å². The number of amides is 1. The highest BCUT2D eigenvalue weighted by Crippen LogP contribution is 2.27. The van der Waals surface area contributed by atoms with E-state index < -0.39 is 0 Å². The maximum atomic E-state index is 12.4. The Bertz CT molecular complexity index is 912. The fourth-order valence-electron chi connectivity index (χ4n) is 3.04. The SMILES string of the molecule is Cl.O=C(NCc1cc2n(n1)CCCNC2)c1cc(-c2ccccc2O)n[nH]1. The number of aryl methyl sites for hydroxylation is 1. The second kappa shape index (κ2) is 8.24. The van der Waals surface area contributed by atoms with Crippen molar-refractivity contribution in [3.8, 4) is 17.0 Å². The topological polar surface area (TPSA) is 108 Å². The number of benzene rings is 1. The molecule has 0 aliphatic carbocycles. The van der Waals surface area contributed by atoms with Gasteiger partial charge in [-0.3, -0.25) is 14.6 Å². The van der Waals surface area contributed by atoms with E-state index in [0.29, 0.717) is 23.5 Å². The smallest absolute Gasteiger partial charge is 0.269 e. The summed E-state index contributed by atoms with van der Waals surface area (Å²) >= 11 is 0. The molecule has 0 fully saturated rings. The highest BCUT2D eigenvalue weighted by Gasteiger charge is 2.15. The summed E-state index contributed by atoms with van der Waals surface area (Å²) in [5, 5.41) is 27.5. The molecule has 4 rings (SSSR count). The Morgan fingerprint density at radius 1 is 1.30 bits per heavy atom. The van der Waals surface area contributed by atoms with Gasteiger partial charge in [-0.15, -0.1) is 12.4 Å². The molecule has 4 N–H and O–H groups in total. The summed E-state index contributed by atoms with van der Waals surface area (Å²) in [5.41, 5.74) is 3.40. The summed E-state index contributed by atoms with van der Waals surface area (Å²) < 4.78 is 1.99. The molecule has 3 heterocycles. The fraction of sp³-hybridized carbons (Fsp3) is 0.278. The van der Waals surface area contributed by atoms with Gasteiger partial charge in [0.05, 0.1) is 23.6 Å². The van der Waals surface area contributed by atoms with Gasteiger partial charge in [0.25, 0.3) is 5.91 Å². The molecule has 1 aliphatic heterocycles. The summed E-state index contributed by atoms with van der Waals surface area (Å²) in [6.07, 6.45) is 1.05. The highest BCUT2D eigenvalue weighted by atomic mass is 35.5. The summed E-state index contributed by atoms with van der Waals surface area (Å²) in [4.78, 5) is 12.4. The number of aromatic nitrogens is 4. The van der Waals surface area contributed by atoms with Gasteiger partial charge in [-0.2, -0.15) is 10.2 Å². The Labute approximate surface area is 162 Å². The molecule has 3 aromatic rings. The predicted molar refractivity (Wildman–Crippen MR) is 103 cm³/mol. The van der Waals surface area contributed by atoms with Gasteiger partial charge in [-0.05, 0) is 37.2 Å². The zero-order valence-corrected chi connectivity index (χ0v) is 15.4. The number of para-hydroxylation sites is 1. The van der Waals surface area contributed by atoms with Crippen LogP contribution in [0.3, 0.4) is 0 Å². The van der Waals surface area contributed by atoms with Crippen LogP contribution in [-0.4, -0.2) is 37.5 Å². The molecule has 0 saturated heterocycles. The van der Waals surface area contributed by atoms with Crippen molar-refractivity contribution in [1.82, 2.24) is 30.6 Å². The van der Waals surface area contributed by atoms with Gasteiger partial charge < -0.3 is 15.7 Å². The van der Waals surface area contributed by atoms with Crippen LogP contribution in [0.4, 0.5) is 0 Å². The summed E-state index contributed by atoms with van der Waals surface area (Å²) in [7, 11) is 0. The number of phenols is 1. The Morgan fingerprint density at radius 3 is 3.00 bits per heavy atom. The maximum absolute atomic E-state index is 12.4. The van der Waals surface area contributed by atoms with Crippen molar-refractivity contribution < 1.29 is 9.90 Å². The lowest BCUT2D eigenvalue weighted by atomic mass is 10.1. The third-order valence-electron chi connectivity index (χ3n) is 4.38. The number of aromatic amines is 1. The van der Waals surface area contributed by atoms with E-state index >= 15 is 0 Å². The third kappa shape index (κ3) is 4.12. The number of rotatable bonds is 4. The van der Waals surface area contributed by atoms with E-state index in [1.807, 2.05) is 10.7 Å². The minimum absolute atomic E-state index is 0. The molecule has 0 bridgehead atoms. The fourth-order valence-corrected chi connectivity index (χ4v) is 3.04. The Kier molecular flexibility index (Phi) is 5.78. The second-order valence-electron chi connectivity index (χ2n) is 6.25. The number of nitrogens with zero attached hydrogens (tertiary/aromatic N) is 3. The molecule has 0 unspecified atom stereocenters. The van der Waals surface area contributed by atoms with E-state index in [1.165, 1.54) is 0 Å². The van der Waals surface area contributed by atoms with Gasteiger partial charge in [0.15, 0.2) is 0 Å². The zero-order valence-electron chi connectivity index (χ0n) is 14.6. The van der Waals surface area contributed by atoms with Gasteiger partial charge in [0.1, 0.15) is 11.4 Å². The number of nitrogens with one attached hydrogen (secondary N) is 3. The van der Waals surface area contributed by atoms with Crippen LogP contribution in [0, 0.1) is 0 Å². The number of hydrogen-bond acceptors (Lipinski definition) is 5. The maximum Gasteiger partial charge on any atom is 0.269 e. The summed E-state index contributed by atoms with van der Waals surface area (Å²) in [6, 6.07) is 10.5. The monoisotopic (exact) mass is 388 g/mol. The molecular formula is C18H21ClN6O2. The largest absolute Gasteiger partial charge is 0.507 e. The number of H-pyrrole nitrogens is 1. The van der Waals surface area contributed by atoms with Crippen molar-refractivity contribution in [3.63, 3.8) is 0 Å². The van der Waals surface area contributed by atoms with Crippen LogP contribution in [0.15, 0.2) is 36.4 Å². The Balaban J connectivity index is 0.00000210. The van der Waals surface area contributed by atoms with E-state index in [9.17, 15) is 9.90 Å². The zero-order chi connectivity index (χ0) is 17.9. The molecular weight excluding hydrogens is 368 g/mol. The number of halogens is 1. The highest BCUT2D eigenvalue weighted by molar-refractivity contribution is 5.93. The summed E-state index contributed by atoms with van der Waals surface area (Å²) in [5.74, 6) is -0.139. The molecule has 8 nitrogen and oxygen atoms in total. The number of phenolic OH excluding ortho intramolecular Hbond substituents is 1. The van der Waals surface area contributed by atoms with E-state index in [1.54, 1.807) is 30.3 Å². The number of aromatic hydroxyl groups is 1. The van der Waals surface area contributed by atoms with Gasteiger partial charge in [0.2, 0.25) is 0 Å². The first-order valence-electron chi connectivity index (χ1n) is 8.59. The second-order valence-corrected chi connectivity index (χ2v) is 6.25. The molecule has 2 aromatic heterocycles. The van der Waals surface area contributed by atoms with Crippen molar-refractivity contribution in [2.24, 2.45) is 0 Å². The van der Waals surface area contributed by atoms with E-state index in [0.717, 1.165) is 37.4 Å². The molecule has 0 radical (unpaired) electrons. The summed E-state index contributed by atoms with van der Waals surface area (Å²) in [6.45, 7) is 3.03. The molecule has 27 heavy (non-hydrogen) atoms. The van der Waals surface area contributed by atoms with E-state index in [4.69, 9.17) is 0 Å². The third-order valence-corrected chi connectivity index (χ3v) is 4.38. The Hall–Kier alpha value is -2.84.